The van der Waals surface area contributed by atoms with E-state index in [9.17, 15) is 9.59 Å². The first kappa shape index (κ1) is 17.4. The number of hydrogen-bond donors (Lipinski definition) is 0. The first-order valence-corrected chi connectivity index (χ1v) is 8.12. The summed E-state index contributed by atoms with van der Waals surface area (Å²) < 4.78 is 9.96. The Balaban J connectivity index is 2.36. The van der Waals surface area contributed by atoms with Gasteiger partial charge in [-0.2, -0.15) is 0 Å². The van der Waals surface area contributed by atoms with Crippen LogP contribution >= 0.6 is 0 Å². The van der Waals surface area contributed by atoms with E-state index in [0.29, 0.717) is 11.1 Å². The van der Waals surface area contributed by atoms with E-state index in [1.807, 2.05) is 72.8 Å². The highest BCUT2D eigenvalue weighted by molar-refractivity contribution is 6.11. The Labute approximate surface area is 152 Å². The van der Waals surface area contributed by atoms with Crippen LogP contribution in [0.5, 0.6) is 0 Å². The van der Waals surface area contributed by atoms with E-state index in [2.05, 4.69) is 0 Å². The topological polar surface area (TPSA) is 52.6 Å². The van der Waals surface area contributed by atoms with Crippen LogP contribution in [0, 0.1) is 0 Å². The lowest BCUT2D eigenvalue weighted by Crippen LogP contribution is -2.15. The van der Waals surface area contributed by atoms with Gasteiger partial charge in [-0.05, 0) is 22.3 Å². The SMILES string of the molecule is COC(=O)c1c(-c2ccccc2)ccc(-c2ccccc2)c1C(=O)OC. The lowest BCUT2D eigenvalue weighted by atomic mass is 9.89. The molecule has 0 amide bonds. The molecule has 0 radical (unpaired) electrons. The molecule has 0 heterocycles. The normalized spacial score (nSPS) is 10.2. The number of carbonyl (C=O) groups excluding carboxylic acids is 2. The van der Waals surface area contributed by atoms with E-state index in [0.717, 1.165) is 11.1 Å². The fourth-order valence-corrected chi connectivity index (χ4v) is 2.95. The summed E-state index contributed by atoms with van der Waals surface area (Å²) in [7, 11) is 2.60. The Bertz CT molecular complexity index is 853. The predicted molar refractivity (Wildman–Crippen MR) is 100.0 cm³/mol. The molecule has 0 unspecified atom stereocenters. The molecule has 0 saturated carbocycles. The lowest BCUT2D eigenvalue weighted by molar-refractivity contribution is 0.0556. The van der Waals surface area contributed by atoms with Crippen molar-refractivity contribution in [3.8, 4) is 22.3 Å². The maximum Gasteiger partial charge on any atom is 0.339 e. The second-order valence-corrected chi connectivity index (χ2v) is 5.63. The highest BCUT2D eigenvalue weighted by Gasteiger charge is 2.27. The highest BCUT2D eigenvalue weighted by atomic mass is 16.5. The number of methoxy groups -OCH3 is 2. The van der Waals surface area contributed by atoms with Crippen LogP contribution in [0.25, 0.3) is 22.3 Å². The molecular formula is C22H18O4. The van der Waals surface area contributed by atoms with Gasteiger partial charge in [0, 0.05) is 0 Å². The minimum Gasteiger partial charge on any atom is -0.465 e. The van der Waals surface area contributed by atoms with Crippen molar-refractivity contribution in [1.82, 2.24) is 0 Å². The Kier molecular flexibility index (Phi) is 5.13. The fraction of sp³-hybridized carbons (Fsp3) is 0.0909. The predicted octanol–water partition coefficient (Wildman–Crippen LogP) is 4.59. The Morgan fingerprint density at radius 3 is 1.23 bits per heavy atom. The van der Waals surface area contributed by atoms with Crippen LogP contribution in [0.3, 0.4) is 0 Å². The molecule has 3 rings (SSSR count). The van der Waals surface area contributed by atoms with Crippen molar-refractivity contribution in [2.75, 3.05) is 14.2 Å². The van der Waals surface area contributed by atoms with Gasteiger partial charge in [0.1, 0.15) is 0 Å². The third-order valence-corrected chi connectivity index (χ3v) is 4.15. The largest absolute Gasteiger partial charge is 0.465 e. The zero-order chi connectivity index (χ0) is 18.5. The first-order valence-electron chi connectivity index (χ1n) is 8.12. The molecule has 0 aliphatic heterocycles. The van der Waals surface area contributed by atoms with Crippen molar-refractivity contribution in [3.63, 3.8) is 0 Å². The molecule has 3 aromatic carbocycles. The van der Waals surface area contributed by atoms with E-state index < -0.39 is 11.9 Å². The fourth-order valence-electron chi connectivity index (χ4n) is 2.95. The van der Waals surface area contributed by atoms with E-state index in [4.69, 9.17) is 9.47 Å². The number of esters is 2. The molecule has 0 fully saturated rings. The van der Waals surface area contributed by atoms with Gasteiger partial charge in [-0.1, -0.05) is 72.8 Å². The summed E-state index contributed by atoms with van der Waals surface area (Å²) in [5.74, 6) is -1.16. The van der Waals surface area contributed by atoms with Crippen LogP contribution in [-0.2, 0) is 9.47 Å². The summed E-state index contributed by atoms with van der Waals surface area (Å²) >= 11 is 0. The quantitative estimate of drug-likeness (QED) is 0.648. The van der Waals surface area contributed by atoms with Crippen LogP contribution in [0.4, 0.5) is 0 Å². The standard InChI is InChI=1S/C22H18O4/c1-25-21(23)19-17(15-9-5-3-6-10-15)13-14-18(20(19)22(24)26-2)16-11-7-4-8-12-16/h3-14H,1-2H3. The van der Waals surface area contributed by atoms with Crippen LogP contribution in [0.15, 0.2) is 72.8 Å². The minimum atomic E-state index is -0.581. The second-order valence-electron chi connectivity index (χ2n) is 5.63. The average molecular weight is 346 g/mol. The van der Waals surface area contributed by atoms with Gasteiger partial charge >= 0.3 is 11.9 Å². The number of rotatable bonds is 4. The van der Waals surface area contributed by atoms with Gasteiger partial charge in [0.25, 0.3) is 0 Å². The van der Waals surface area contributed by atoms with E-state index in [-0.39, 0.29) is 11.1 Å². The smallest absolute Gasteiger partial charge is 0.339 e. The van der Waals surface area contributed by atoms with Gasteiger partial charge < -0.3 is 9.47 Å². The average Bonchev–Trinajstić information content (AvgIpc) is 2.72. The van der Waals surface area contributed by atoms with Gasteiger partial charge in [0.05, 0.1) is 25.3 Å². The number of hydrogen-bond acceptors (Lipinski definition) is 4. The van der Waals surface area contributed by atoms with Crippen molar-refractivity contribution in [2.24, 2.45) is 0 Å². The van der Waals surface area contributed by atoms with Gasteiger partial charge in [-0.3, -0.25) is 0 Å². The molecule has 3 aromatic rings. The third kappa shape index (κ3) is 3.22. The number of benzene rings is 3. The Morgan fingerprint density at radius 1 is 0.577 bits per heavy atom. The van der Waals surface area contributed by atoms with Crippen molar-refractivity contribution in [3.05, 3.63) is 83.9 Å². The van der Waals surface area contributed by atoms with Gasteiger partial charge in [-0.15, -0.1) is 0 Å². The first-order chi connectivity index (χ1) is 12.7. The van der Waals surface area contributed by atoms with Crippen molar-refractivity contribution in [2.45, 2.75) is 0 Å². The Morgan fingerprint density at radius 2 is 0.923 bits per heavy atom. The summed E-state index contributed by atoms with van der Waals surface area (Å²) in [5, 5.41) is 0. The molecule has 26 heavy (non-hydrogen) atoms. The molecule has 0 aliphatic rings. The molecule has 4 heteroatoms. The summed E-state index contributed by atoms with van der Waals surface area (Å²) in [5.41, 5.74) is 3.28. The van der Waals surface area contributed by atoms with E-state index >= 15 is 0 Å². The summed E-state index contributed by atoms with van der Waals surface area (Å²) in [6.07, 6.45) is 0. The molecule has 0 N–H and O–H groups in total. The van der Waals surface area contributed by atoms with Crippen LogP contribution in [0.2, 0.25) is 0 Å². The zero-order valence-electron chi connectivity index (χ0n) is 14.6. The Hall–Kier alpha value is -3.40. The summed E-state index contributed by atoms with van der Waals surface area (Å²) in [6, 6.07) is 22.5. The van der Waals surface area contributed by atoms with Crippen molar-refractivity contribution in [1.29, 1.82) is 0 Å². The van der Waals surface area contributed by atoms with Gasteiger partial charge in [0.2, 0.25) is 0 Å². The van der Waals surface area contributed by atoms with Crippen LogP contribution < -0.4 is 0 Å². The molecule has 0 bridgehead atoms. The van der Waals surface area contributed by atoms with Gasteiger partial charge in [0.15, 0.2) is 0 Å². The van der Waals surface area contributed by atoms with E-state index in [1.165, 1.54) is 14.2 Å². The molecule has 0 aromatic heterocycles. The summed E-state index contributed by atoms with van der Waals surface area (Å²) in [6.45, 7) is 0. The summed E-state index contributed by atoms with van der Waals surface area (Å²) in [4.78, 5) is 25.2. The lowest BCUT2D eigenvalue weighted by Gasteiger charge is -2.16. The molecule has 0 aliphatic carbocycles. The molecular weight excluding hydrogens is 328 g/mol. The van der Waals surface area contributed by atoms with Crippen LogP contribution in [0.1, 0.15) is 20.7 Å². The van der Waals surface area contributed by atoms with Crippen molar-refractivity contribution >= 4 is 11.9 Å². The molecule has 0 spiro atoms. The van der Waals surface area contributed by atoms with Crippen molar-refractivity contribution < 1.29 is 19.1 Å². The van der Waals surface area contributed by atoms with Gasteiger partial charge in [-0.25, -0.2) is 9.59 Å². The second kappa shape index (κ2) is 7.66. The molecule has 0 atom stereocenters. The maximum atomic E-state index is 12.6. The molecule has 4 nitrogen and oxygen atoms in total. The van der Waals surface area contributed by atoms with E-state index in [1.54, 1.807) is 0 Å². The zero-order valence-corrected chi connectivity index (χ0v) is 14.6. The minimum absolute atomic E-state index is 0.201. The number of carbonyl (C=O) groups is 2. The monoisotopic (exact) mass is 346 g/mol. The maximum absolute atomic E-state index is 12.6. The molecule has 130 valence electrons. The molecule has 0 saturated heterocycles. The van der Waals surface area contributed by atoms with Crippen LogP contribution in [-0.4, -0.2) is 26.2 Å². The number of ether oxygens (including phenoxy) is 2. The third-order valence-electron chi connectivity index (χ3n) is 4.15. The highest BCUT2D eigenvalue weighted by Crippen LogP contribution is 2.34.